The van der Waals surface area contributed by atoms with Crippen molar-refractivity contribution in [3.05, 3.63) is 39.8 Å². The van der Waals surface area contributed by atoms with Gasteiger partial charge in [0.15, 0.2) is 5.82 Å². The molecule has 0 amide bonds. The molecule has 0 aliphatic carbocycles. The molecule has 15 heavy (non-hydrogen) atoms. The van der Waals surface area contributed by atoms with E-state index in [4.69, 9.17) is 23.2 Å². The fourth-order valence-corrected chi connectivity index (χ4v) is 1.97. The van der Waals surface area contributed by atoms with Gasteiger partial charge >= 0.3 is 0 Å². The minimum Gasteiger partial charge on any atom is -0.233 e. The molecule has 0 aliphatic rings. The lowest BCUT2D eigenvalue weighted by Gasteiger charge is -2.04. The fourth-order valence-electron chi connectivity index (χ4n) is 1.48. The molecular formula is C11H8Cl2FN. The standard InChI is InChI=1S/C11H8Cl2FN/c1-2-6-3-7-4-8(12)5-9(14)10(7)15-11(6)13/h3-5H,2H2,1H3. The Morgan fingerprint density at radius 1 is 1.27 bits per heavy atom. The Kier molecular flexibility index (Phi) is 2.81. The molecule has 0 radical (unpaired) electrons. The third kappa shape index (κ3) is 1.92. The van der Waals surface area contributed by atoms with Crippen molar-refractivity contribution in [3.63, 3.8) is 0 Å². The van der Waals surface area contributed by atoms with Crippen LogP contribution in [-0.2, 0) is 6.42 Å². The van der Waals surface area contributed by atoms with E-state index in [1.54, 1.807) is 6.07 Å². The van der Waals surface area contributed by atoms with Gasteiger partial charge in [-0.1, -0.05) is 30.1 Å². The monoisotopic (exact) mass is 243 g/mol. The van der Waals surface area contributed by atoms with Crippen LogP contribution in [0.1, 0.15) is 12.5 Å². The summed E-state index contributed by atoms with van der Waals surface area (Å²) in [7, 11) is 0. The van der Waals surface area contributed by atoms with Crippen molar-refractivity contribution in [3.8, 4) is 0 Å². The summed E-state index contributed by atoms with van der Waals surface area (Å²) in [6.45, 7) is 1.97. The van der Waals surface area contributed by atoms with Gasteiger partial charge in [-0.2, -0.15) is 0 Å². The number of nitrogens with zero attached hydrogens (tertiary/aromatic N) is 1. The number of fused-ring (bicyclic) bond motifs is 1. The van der Waals surface area contributed by atoms with E-state index in [2.05, 4.69) is 4.98 Å². The van der Waals surface area contributed by atoms with Gasteiger partial charge in [-0.25, -0.2) is 9.37 Å². The highest BCUT2D eigenvalue weighted by molar-refractivity contribution is 6.32. The molecule has 4 heteroatoms. The van der Waals surface area contributed by atoms with Gasteiger partial charge in [0.05, 0.1) is 0 Å². The van der Waals surface area contributed by atoms with Crippen LogP contribution in [0.2, 0.25) is 10.2 Å². The quantitative estimate of drug-likeness (QED) is 0.683. The van der Waals surface area contributed by atoms with E-state index in [1.165, 1.54) is 6.07 Å². The Labute approximate surface area is 96.8 Å². The summed E-state index contributed by atoms with van der Waals surface area (Å²) >= 11 is 11.7. The normalized spacial score (nSPS) is 10.9. The lowest BCUT2D eigenvalue weighted by atomic mass is 10.1. The van der Waals surface area contributed by atoms with Crippen LogP contribution in [0.3, 0.4) is 0 Å². The SMILES string of the molecule is CCc1cc2cc(Cl)cc(F)c2nc1Cl. The molecule has 0 saturated heterocycles. The van der Waals surface area contributed by atoms with Gasteiger partial charge < -0.3 is 0 Å². The molecule has 2 aromatic rings. The van der Waals surface area contributed by atoms with Crippen molar-refractivity contribution in [2.24, 2.45) is 0 Å². The second-order valence-corrected chi connectivity index (χ2v) is 4.05. The molecule has 0 spiro atoms. The van der Waals surface area contributed by atoms with E-state index < -0.39 is 5.82 Å². The predicted octanol–water partition coefficient (Wildman–Crippen LogP) is 4.24. The molecular weight excluding hydrogens is 236 g/mol. The molecule has 78 valence electrons. The number of pyridine rings is 1. The summed E-state index contributed by atoms with van der Waals surface area (Å²) in [5.41, 5.74) is 1.16. The van der Waals surface area contributed by atoms with Crippen molar-refractivity contribution in [1.29, 1.82) is 0 Å². The molecule has 0 saturated carbocycles. The first-order valence-corrected chi connectivity index (χ1v) is 5.31. The third-order valence-corrected chi connectivity index (χ3v) is 2.79. The number of aromatic nitrogens is 1. The number of hydrogen-bond acceptors (Lipinski definition) is 1. The summed E-state index contributed by atoms with van der Waals surface area (Å²) in [6.07, 6.45) is 0.760. The van der Waals surface area contributed by atoms with Gasteiger partial charge in [-0.05, 0) is 30.2 Å². The Hall–Kier alpha value is -0.860. The number of halogens is 3. The van der Waals surface area contributed by atoms with Gasteiger partial charge in [0.2, 0.25) is 0 Å². The molecule has 0 atom stereocenters. The molecule has 1 nitrogen and oxygen atoms in total. The fraction of sp³-hybridized carbons (Fsp3) is 0.182. The average Bonchev–Trinajstić information content (AvgIpc) is 2.18. The zero-order chi connectivity index (χ0) is 11.0. The van der Waals surface area contributed by atoms with Crippen LogP contribution in [0.5, 0.6) is 0 Å². The summed E-state index contributed by atoms with van der Waals surface area (Å²) in [6, 6.07) is 4.74. The Morgan fingerprint density at radius 3 is 2.67 bits per heavy atom. The van der Waals surface area contributed by atoms with Crippen molar-refractivity contribution >= 4 is 34.1 Å². The van der Waals surface area contributed by atoms with Gasteiger partial charge in [0.25, 0.3) is 0 Å². The summed E-state index contributed by atoms with van der Waals surface area (Å²) < 4.78 is 13.5. The highest BCUT2D eigenvalue weighted by Gasteiger charge is 2.08. The number of benzene rings is 1. The van der Waals surface area contributed by atoms with E-state index in [-0.39, 0.29) is 5.52 Å². The molecule has 0 N–H and O–H groups in total. The van der Waals surface area contributed by atoms with Crippen molar-refractivity contribution in [2.75, 3.05) is 0 Å². The lowest BCUT2D eigenvalue weighted by molar-refractivity contribution is 0.637. The van der Waals surface area contributed by atoms with Gasteiger partial charge in [-0.3, -0.25) is 0 Å². The highest BCUT2D eigenvalue weighted by atomic mass is 35.5. The summed E-state index contributed by atoms with van der Waals surface area (Å²) in [5, 5.41) is 1.40. The summed E-state index contributed by atoms with van der Waals surface area (Å²) in [4.78, 5) is 4.02. The van der Waals surface area contributed by atoms with E-state index in [0.29, 0.717) is 15.6 Å². The molecule has 1 aromatic heterocycles. The molecule has 1 heterocycles. The van der Waals surface area contributed by atoms with Crippen LogP contribution < -0.4 is 0 Å². The number of rotatable bonds is 1. The molecule has 0 unspecified atom stereocenters. The minimum atomic E-state index is -0.443. The first kappa shape index (κ1) is 10.7. The molecule has 2 rings (SSSR count). The molecule has 0 fully saturated rings. The van der Waals surface area contributed by atoms with Crippen molar-refractivity contribution in [1.82, 2.24) is 4.98 Å². The maximum absolute atomic E-state index is 13.5. The zero-order valence-electron chi connectivity index (χ0n) is 8.02. The summed E-state index contributed by atoms with van der Waals surface area (Å²) in [5.74, 6) is -0.443. The lowest BCUT2D eigenvalue weighted by Crippen LogP contribution is -1.91. The van der Waals surface area contributed by atoms with Crippen LogP contribution in [0.25, 0.3) is 10.9 Å². The van der Waals surface area contributed by atoms with Gasteiger partial charge in [-0.15, -0.1) is 0 Å². The Bertz CT molecular complexity index is 525. The molecule has 0 aliphatic heterocycles. The third-order valence-electron chi connectivity index (χ3n) is 2.24. The number of hydrogen-bond donors (Lipinski definition) is 0. The largest absolute Gasteiger partial charge is 0.233 e. The van der Waals surface area contributed by atoms with Gasteiger partial charge in [0, 0.05) is 10.4 Å². The first-order chi connectivity index (χ1) is 7.11. The van der Waals surface area contributed by atoms with Crippen LogP contribution in [0, 0.1) is 5.82 Å². The van der Waals surface area contributed by atoms with E-state index in [0.717, 1.165) is 12.0 Å². The number of aryl methyl sites for hydroxylation is 1. The van der Waals surface area contributed by atoms with E-state index in [1.807, 2.05) is 13.0 Å². The Balaban J connectivity index is 2.81. The minimum absolute atomic E-state index is 0.265. The second kappa shape index (κ2) is 3.95. The second-order valence-electron chi connectivity index (χ2n) is 3.25. The zero-order valence-corrected chi connectivity index (χ0v) is 9.53. The molecule has 0 bridgehead atoms. The highest BCUT2D eigenvalue weighted by Crippen LogP contribution is 2.25. The predicted molar refractivity (Wildman–Crippen MR) is 61.1 cm³/mol. The van der Waals surface area contributed by atoms with Crippen LogP contribution >= 0.6 is 23.2 Å². The smallest absolute Gasteiger partial charge is 0.150 e. The van der Waals surface area contributed by atoms with E-state index >= 15 is 0 Å². The van der Waals surface area contributed by atoms with E-state index in [9.17, 15) is 4.39 Å². The molecule has 1 aromatic carbocycles. The maximum Gasteiger partial charge on any atom is 0.150 e. The van der Waals surface area contributed by atoms with Crippen LogP contribution in [-0.4, -0.2) is 4.98 Å². The van der Waals surface area contributed by atoms with Crippen LogP contribution in [0.4, 0.5) is 4.39 Å². The van der Waals surface area contributed by atoms with Gasteiger partial charge in [0.1, 0.15) is 10.7 Å². The maximum atomic E-state index is 13.5. The van der Waals surface area contributed by atoms with Crippen molar-refractivity contribution in [2.45, 2.75) is 13.3 Å². The topological polar surface area (TPSA) is 12.9 Å². The Morgan fingerprint density at radius 2 is 2.00 bits per heavy atom. The van der Waals surface area contributed by atoms with Crippen molar-refractivity contribution < 1.29 is 4.39 Å². The average molecular weight is 244 g/mol. The van der Waals surface area contributed by atoms with Crippen LogP contribution in [0.15, 0.2) is 18.2 Å². The first-order valence-electron chi connectivity index (χ1n) is 4.56.